The molecular formula is C17H28N2O3. The number of carboxylic acid groups (broad SMARTS) is 1. The SMILES string of the molecule is O=C(NCCC1=CCCCCC1)NC1CCC(C(=O)O)CC1. The largest absolute Gasteiger partial charge is 0.481 e. The highest BCUT2D eigenvalue weighted by Crippen LogP contribution is 2.24. The van der Waals surface area contributed by atoms with Gasteiger partial charge in [0, 0.05) is 12.6 Å². The molecule has 0 unspecified atom stereocenters. The molecule has 2 rings (SSSR count). The molecule has 1 saturated carbocycles. The molecule has 124 valence electrons. The number of urea groups is 1. The van der Waals surface area contributed by atoms with Gasteiger partial charge in [0.05, 0.1) is 5.92 Å². The van der Waals surface area contributed by atoms with Gasteiger partial charge in [-0.2, -0.15) is 0 Å². The van der Waals surface area contributed by atoms with Crippen LogP contribution in [-0.4, -0.2) is 29.7 Å². The van der Waals surface area contributed by atoms with Crippen molar-refractivity contribution in [1.82, 2.24) is 10.6 Å². The third-order valence-corrected chi connectivity index (χ3v) is 4.78. The van der Waals surface area contributed by atoms with Crippen LogP contribution in [0.25, 0.3) is 0 Å². The smallest absolute Gasteiger partial charge is 0.315 e. The van der Waals surface area contributed by atoms with Crippen LogP contribution in [0, 0.1) is 5.92 Å². The third-order valence-electron chi connectivity index (χ3n) is 4.78. The minimum atomic E-state index is -0.709. The van der Waals surface area contributed by atoms with Crippen LogP contribution < -0.4 is 10.6 Å². The van der Waals surface area contributed by atoms with E-state index < -0.39 is 5.97 Å². The van der Waals surface area contributed by atoms with Gasteiger partial charge >= 0.3 is 12.0 Å². The number of amides is 2. The Bertz CT molecular complexity index is 412. The van der Waals surface area contributed by atoms with E-state index in [1.54, 1.807) is 0 Å². The molecule has 0 atom stereocenters. The summed E-state index contributed by atoms with van der Waals surface area (Å²) < 4.78 is 0. The van der Waals surface area contributed by atoms with Gasteiger partial charge in [0.15, 0.2) is 0 Å². The summed E-state index contributed by atoms with van der Waals surface area (Å²) in [6.45, 7) is 0.683. The first kappa shape index (κ1) is 16.8. The van der Waals surface area contributed by atoms with Crippen LogP contribution in [0.15, 0.2) is 11.6 Å². The first-order valence-electron chi connectivity index (χ1n) is 8.60. The van der Waals surface area contributed by atoms with Crippen LogP contribution >= 0.6 is 0 Å². The predicted molar refractivity (Wildman–Crippen MR) is 85.7 cm³/mol. The molecule has 0 aromatic heterocycles. The standard InChI is InChI=1S/C17H28N2O3/c20-16(21)14-7-9-15(10-8-14)19-17(22)18-12-11-13-5-3-1-2-4-6-13/h5,14-15H,1-4,6-12H2,(H,20,21)(H2,18,19,22). The number of aliphatic carboxylic acids is 1. The van der Waals surface area contributed by atoms with Crippen LogP contribution in [0.1, 0.15) is 64.2 Å². The van der Waals surface area contributed by atoms with Crippen molar-refractivity contribution < 1.29 is 14.7 Å². The number of allylic oxidation sites excluding steroid dienone is 1. The van der Waals surface area contributed by atoms with Crippen molar-refractivity contribution in [3.8, 4) is 0 Å². The topological polar surface area (TPSA) is 78.4 Å². The number of carbonyl (C=O) groups is 2. The molecular weight excluding hydrogens is 280 g/mol. The molecule has 0 saturated heterocycles. The minimum Gasteiger partial charge on any atom is -0.481 e. The summed E-state index contributed by atoms with van der Waals surface area (Å²) in [5.41, 5.74) is 1.47. The van der Waals surface area contributed by atoms with E-state index in [1.807, 2.05) is 0 Å². The molecule has 0 radical (unpaired) electrons. The molecule has 0 aliphatic heterocycles. The second-order valence-electron chi connectivity index (χ2n) is 6.50. The Balaban J connectivity index is 1.60. The number of rotatable bonds is 5. The van der Waals surface area contributed by atoms with Gasteiger partial charge in [0.2, 0.25) is 0 Å². The monoisotopic (exact) mass is 308 g/mol. The summed E-state index contributed by atoms with van der Waals surface area (Å²) in [5.74, 6) is -0.942. The summed E-state index contributed by atoms with van der Waals surface area (Å²) in [6.07, 6.45) is 12.3. The number of hydrogen-bond acceptors (Lipinski definition) is 2. The Hall–Kier alpha value is -1.52. The molecule has 0 aromatic rings. The normalized spacial score (nSPS) is 25.7. The predicted octanol–water partition coefficient (Wildman–Crippen LogP) is 3.21. The fraction of sp³-hybridized carbons (Fsp3) is 0.765. The van der Waals surface area contributed by atoms with E-state index in [4.69, 9.17) is 5.11 Å². The fourth-order valence-electron chi connectivity index (χ4n) is 3.37. The van der Waals surface area contributed by atoms with Crippen LogP contribution in [-0.2, 0) is 4.79 Å². The van der Waals surface area contributed by atoms with Gasteiger partial charge in [-0.3, -0.25) is 4.79 Å². The maximum absolute atomic E-state index is 11.9. The second kappa shape index (κ2) is 8.81. The quantitative estimate of drug-likeness (QED) is 0.682. The first-order chi connectivity index (χ1) is 10.6. The van der Waals surface area contributed by atoms with Crippen LogP contribution in [0.4, 0.5) is 4.79 Å². The van der Waals surface area contributed by atoms with Crippen molar-refractivity contribution in [2.24, 2.45) is 5.92 Å². The van der Waals surface area contributed by atoms with Crippen molar-refractivity contribution in [3.63, 3.8) is 0 Å². The fourth-order valence-corrected chi connectivity index (χ4v) is 3.37. The van der Waals surface area contributed by atoms with E-state index in [0.717, 1.165) is 19.3 Å². The lowest BCUT2D eigenvalue weighted by Gasteiger charge is -2.26. The summed E-state index contributed by atoms with van der Waals surface area (Å²) >= 11 is 0. The lowest BCUT2D eigenvalue weighted by molar-refractivity contribution is -0.142. The van der Waals surface area contributed by atoms with Gasteiger partial charge in [0.25, 0.3) is 0 Å². The van der Waals surface area contributed by atoms with E-state index in [9.17, 15) is 9.59 Å². The van der Waals surface area contributed by atoms with Crippen molar-refractivity contribution in [2.75, 3.05) is 6.54 Å². The number of hydrogen-bond donors (Lipinski definition) is 3. The average Bonchev–Trinajstić information content (AvgIpc) is 2.76. The zero-order valence-electron chi connectivity index (χ0n) is 13.3. The van der Waals surface area contributed by atoms with E-state index in [1.165, 1.54) is 37.7 Å². The molecule has 3 N–H and O–H groups in total. The molecule has 0 aromatic carbocycles. The molecule has 5 nitrogen and oxygen atoms in total. The highest BCUT2D eigenvalue weighted by Gasteiger charge is 2.26. The third kappa shape index (κ3) is 5.70. The Labute approximate surface area is 132 Å². The van der Waals surface area contributed by atoms with E-state index >= 15 is 0 Å². The highest BCUT2D eigenvalue weighted by atomic mass is 16.4. The van der Waals surface area contributed by atoms with Crippen LogP contribution in [0.3, 0.4) is 0 Å². The molecule has 0 spiro atoms. The average molecular weight is 308 g/mol. The Morgan fingerprint density at radius 2 is 1.91 bits per heavy atom. The Morgan fingerprint density at radius 1 is 1.14 bits per heavy atom. The minimum absolute atomic E-state index is 0.118. The molecule has 2 aliphatic rings. The van der Waals surface area contributed by atoms with Crippen molar-refractivity contribution in [1.29, 1.82) is 0 Å². The summed E-state index contributed by atoms with van der Waals surface area (Å²) in [4.78, 5) is 22.8. The van der Waals surface area contributed by atoms with Gasteiger partial charge in [-0.25, -0.2) is 4.79 Å². The van der Waals surface area contributed by atoms with E-state index in [0.29, 0.717) is 19.4 Å². The lowest BCUT2D eigenvalue weighted by atomic mass is 9.86. The molecule has 2 aliphatic carbocycles. The molecule has 0 heterocycles. The maximum Gasteiger partial charge on any atom is 0.315 e. The number of carbonyl (C=O) groups excluding carboxylic acids is 1. The van der Waals surface area contributed by atoms with Gasteiger partial charge in [-0.1, -0.05) is 18.1 Å². The van der Waals surface area contributed by atoms with Gasteiger partial charge < -0.3 is 15.7 Å². The van der Waals surface area contributed by atoms with Crippen molar-refractivity contribution >= 4 is 12.0 Å². The molecule has 22 heavy (non-hydrogen) atoms. The summed E-state index contributed by atoms with van der Waals surface area (Å²) in [5, 5.41) is 14.9. The Kier molecular flexibility index (Phi) is 6.74. The summed E-state index contributed by atoms with van der Waals surface area (Å²) in [6, 6.07) is 0.000642. The van der Waals surface area contributed by atoms with Gasteiger partial charge in [0.1, 0.15) is 0 Å². The Morgan fingerprint density at radius 3 is 2.64 bits per heavy atom. The molecule has 2 amide bonds. The van der Waals surface area contributed by atoms with Crippen LogP contribution in [0.5, 0.6) is 0 Å². The lowest BCUT2D eigenvalue weighted by Crippen LogP contribution is -2.44. The van der Waals surface area contributed by atoms with E-state index in [2.05, 4.69) is 16.7 Å². The maximum atomic E-state index is 11.9. The molecule has 0 bridgehead atoms. The zero-order valence-corrected chi connectivity index (χ0v) is 13.3. The second-order valence-corrected chi connectivity index (χ2v) is 6.50. The van der Waals surface area contributed by atoms with Crippen molar-refractivity contribution in [2.45, 2.75) is 70.3 Å². The molecule has 1 fully saturated rings. The zero-order chi connectivity index (χ0) is 15.8. The van der Waals surface area contributed by atoms with Crippen LogP contribution in [0.2, 0.25) is 0 Å². The van der Waals surface area contributed by atoms with Crippen molar-refractivity contribution in [3.05, 3.63) is 11.6 Å². The highest BCUT2D eigenvalue weighted by molar-refractivity contribution is 5.74. The number of nitrogens with one attached hydrogen (secondary N) is 2. The number of carboxylic acids is 1. The summed E-state index contributed by atoms with van der Waals surface area (Å²) in [7, 11) is 0. The first-order valence-corrected chi connectivity index (χ1v) is 8.60. The van der Waals surface area contributed by atoms with Gasteiger partial charge in [-0.15, -0.1) is 0 Å². The van der Waals surface area contributed by atoms with Gasteiger partial charge in [-0.05, 0) is 57.8 Å². The van der Waals surface area contributed by atoms with E-state index in [-0.39, 0.29) is 18.0 Å². The molecule has 5 heteroatoms.